The van der Waals surface area contributed by atoms with Gasteiger partial charge in [-0.05, 0) is 44.5 Å². The molecule has 1 fully saturated rings. The molecule has 0 spiro atoms. The van der Waals surface area contributed by atoms with Crippen LogP contribution in [-0.4, -0.2) is 28.6 Å². The maximum absolute atomic E-state index is 13.1. The van der Waals surface area contributed by atoms with E-state index in [9.17, 15) is 9.18 Å². The second-order valence-corrected chi connectivity index (χ2v) is 5.46. The van der Waals surface area contributed by atoms with Crippen molar-refractivity contribution in [3.05, 3.63) is 34.6 Å². The fourth-order valence-corrected chi connectivity index (χ4v) is 3.18. The van der Waals surface area contributed by atoms with Gasteiger partial charge in [0.05, 0.1) is 5.92 Å². The Hall–Kier alpha value is -1.13. The largest absolute Gasteiger partial charge is 0.481 e. The Bertz CT molecular complexity index is 494. The first-order valence-corrected chi connectivity index (χ1v) is 6.73. The van der Waals surface area contributed by atoms with Crippen molar-refractivity contribution in [2.45, 2.75) is 32.4 Å². The molecule has 0 amide bonds. The maximum atomic E-state index is 13.1. The van der Waals surface area contributed by atoms with Crippen molar-refractivity contribution in [3.63, 3.8) is 0 Å². The predicted molar refractivity (Wildman–Crippen MR) is 71.7 cm³/mol. The Morgan fingerprint density at radius 3 is 2.79 bits per heavy atom. The van der Waals surface area contributed by atoms with E-state index < -0.39 is 5.97 Å². The van der Waals surface area contributed by atoms with Crippen molar-refractivity contribution in [2.24, 2.45) is 5.92 Å². The lowest BCUT2D eigenvalue weighted by molar-refractivity contribution is -0.142. The lowest BCUT2D eigenvalue weighted by Gasteiger charge is -2.30. The van der Waals surface area contributed by atoms with Crippen LogP contribution in [0.3, 0.4) is 0 Å². The summed E-state index contributed by atoms with van der Waals surface area (Å²) in [7, 11) is 0. The summed E-state index contributed by atoms with van der Waals surface area (Å²) in [4.78, 5) is 13.2. The van der Waals surface area contributed by atoms with E-state index in [2.05, 4.69) is 4.90 Å². The highest BCUT2D eigenvalue weighted by molar-refractivity contribution is 6.31. The summed E-state index contributed by atoms with van der Waals surface area (Å²) in [5.74, 6) is -1.46. The van der Waals surface area contributed by atoms with Crippen LogP contribution in [0.25, 0.3) is 0 Å². The third kappa shape index (κ3) is 2.74. The smallest absolute Gasteiger partial charge is 0.308 e. The van der Waals surface area contributed by atoms with Crippen LogP contribution in [0.15, 0.2) is 18.2 Å². The molecule has 104 valence electrons. The first-order valence-electron chi connectivity index (χ1n) is 6.35. The van der Waals surface area contributed by atoms with Crippen molar-refractivity contribution in [1.29, 1.82) is 0 Å². The monoisotopic (exact) mass is 285 g/mol. The summed E-state index contributed by atoms with van der Waals surface area (Å²) >= 11 is 6.07. The minimum absolute atomic E-state index is 0.0209. The Morgan fingerprint density at radius 2 is 2.26 bits per heavy atom. The molecule has 19 heavy (non-hydrogen) atoms. The van der Waals surface area contributed by atoms with Gasteiger partial charge in [0, 0.05) is 17.1 Å². The molecule has 3 atom stereocenters. The van der Waals surface area contributed by atoms with Crippen LogP contribution in [0, 0.1) is 11.7 Å². The van der Waals surface area contributed by atoms with Crippen LogP contribution in [0.1, 0.15) is 31.9 Å². The molecule has 1 aromatic rings. The number of carbonyl (C=O) groups is 1. The van der Waals surface area contributed by atoms with E-state index >= 15 is 0 Å². The van der Waals surface area contributed by atoms with E-state index in [0.29, 0.717) is 18.0 Å². The Kier molecular flexibility index (Phi) is 4.11. The molecular weight excluding hydrogens is 269 g/mol. The number of rotatable bonds is 3. The second-order valence-electron chi connectivity index (χ2n) is 5.05. The maximum Gasteiger partial charge on any atom is 0.308 e. The van der Waals surface area contributed by atoms with Crippen molar-refractivity contribution >= 4 is 17.6 Å². The van der Waals surface area contributed by atoms with Gasteiger partial charge in [0.2, 0.25) is 0 Å². The van der Waals surface area contributed by atoms with Gasteiger partial charge in [-0.15, -0.1) is 0 Å². The van der Waals surface area contributed by atoms with E-state index in [1.807, 2.05) is 13.8 Å². The standard InChI is InChI=1S/C14H17ClFNO2/c1-8(11-4-3-10(16)7-13(11)15)17-6-5-12(9(17)2)14(18)19/h3-4,7-9,12H,5-6H2,1-2H3,(H,18,19). The SMILES string of the molecule is CC(c1ccc(F)cc1Cl)N1CCC(C(=O)O)C1C. The topological polar surface area (TPSA) is 40.5 Å². The average molecular weight is 286 g/mol. The Balaban J connectivity index is 2.20. The highest BCUT2D eigenvalue weighted by Gasteiger charge is 2.38. The summed E-state index contributed by atoms with van der Waals surface area (Å²) in [6, 6.07) is 4.28. The third-order valence-corrected chi connectivity index (χ3v) is 4.36. The summed E-state index contributed by atoms with van der Waals surface area (Å²) in [5, 5.41) is 9.53. The lowest BCUT2D eigenvalue weighted by Crippen LogP contribution is -2.35. The van der Waals surface area contributed by atoms with Gasteiger partial charge in [-0.2, -0.15) is 0 Å². The van der Waals surface area contributed by atoms with Gasteiger partial charge in [-0.1, -0.05) is 17.7 Å². The van der Waals surface area contributed by atoms with Gasteiger partial charge in [-0.3, -0.25) is 9.69 Å². The van der Waals surface area contributed by atoms with Crippen molar-refractivity contribution in [2.75, 3.05) is 6.54 Å². The van der Waals surface area contributed by atoms with Crippen LogP contribution in [0.5, 0.6) is 0 Å². The zero-order valence-corrected chi connectivity index (χ0v) is 11.7. The van der Waals surface area contributed by atoms with Gasteiger partial charge >= 0.3 is 5.97 Å². The van der Waals surface area contributed by atoms with Gasteiger partial charge in [-0.25, -0.2) is 4.39 Å². The molecule has 0 aromatic heterocycles. The zero-order valence-electron chi connectivity index (χ0n) is 10.9. The highest BCUT2D eigenvalue weighted by atomic mass is 35.5. The molecule has 0 aliphatic carbocycles. The average Bonchev–Trinajstić information content (AvgIpc) is 2.70. The van der Waals surface area contributed by atoms with Gasteiger partial charge < -0.3 is 5.11 Å². The molecule has 3 nitrogen and oxygen atoms in total. The first-order chi connectivity index (χ1) is 8.91. The third-order valence-electron chi connectivity index (χ3n) is 4.03. The molecule has 5 heteroatoms. The molecule has 1 heterocycles. The molecule has 3 unspecified atom stereocenters. The molecule has 0 saturated carbocycles. The zero-order chi connectivity index (χ0) is 14.2. The van der Waals surface area contributed by atoms with Crippen molar-refractivity contribution in [3.8, 4) is 0 Å². The van der Waals surface area contributed by atoms with Crippen LogP contribution in [-0.2, 0) is 4.79 Å². The number of nitrogens with zero attached hydrogens (tertiary/aromatic N) is 1. The number of carboxylic acids is 1. The van der Waals surface area contributed by atoms with Crippen molar-refractivity contribution < 1.29 is 14.3 Å². The minimum Gasteiger partial charge on any atom is -0.481 e. The van der Waals surface area contributed by atoms with E-state index in [1.165, 1.54) is 12.1 Å². The normalized spacial score (nSPS) is 25.5. The molecular formula is C14H17ClFNO2. The van der Waals surface area contributed by atoms with E-state index in [4.69, 9.17) is 16.7 Å². The molecule has 1 saturated heterocycles. The first kappa shape index (κ1) is 14.3. The Morgan fingerprint density at radius 1 is 1.58 bits per heavy atom. The van der Waals surface area contributed by atoms with Gasteiger partial charge in [0.1, 0.15) is 5.82 Å². The van der Waals surface area contributed by atoms with E-state index in [-0.39, 0.29) is 23.8 Å². The summed E-state index contributed by atoms with van der Waals surface area (Å²) < 4.78 is 13.1. The number of benzene rings is 1. The lowest BCUT2D eigenvalue weighted by atomic mass is 10.0. The van der Waals surface area contributed by atoms with Gasteiger partial charge in [0.25, 0.3) is 0 Å². The highest BCUT2D eigenvalue weighted by Crippen LogP contribution is 2.35. The predicted octanol–water partition coefficient (Wildman–Crippen LogP) is 3.34. The second kappa shape index (κ2) is 5.47. The summed E-state index contributed by atoms with van der Waals surface area (Å²) in [5.41, 5.74) is 0.834. The Labute approximate surface area is 117 Å². The molecule has 2 rings (SSSR count). The van der Waals surface area contributed by atoms with Gasteiger partial charge in [0.15, 0.2) is 0 Å². The molecule has 0 radical (unpaired) electrons. The molecule has 1 N–H and O–H groups in total. The van der Waals surface area contributed by atoms with Crippen LogP contribution in [0.4, 0.5) is 4.39 Å². The number of carboxylic acid groups (broad SMARTS) is 1. The van der Waals surface area contributed by atoms with Crippen LogP contribution >= 0.6 is 11.6 Å². The molecule has 0 bridgehead atoms. The molecule has 1 aliphatic heterocycles. The van der Waals surface area contributed by atoms with Crippen LogP contribution in [0.2, 0.25) is 5.02 Å². The number of hydrogen-bond donors (Lipinski definition) is 1. The van der Waals surface area contributed by atoms with Crippen LogP contribution < -0.4 is 0 Å². The van der Waals surface area contributed by atoms with E-state index in [0.717, 1.165) is 5.56 Å². The number of likely N-dealkylation sites (tertiary alicyclic amines) is 1. The summed E-state index contributed by atoms with van der Waals surface area (Å²) in [6.45, 7) is 4.60. The number of aliphatic carboxylic acids is 1. The van der Waals surface area contributed by atoms with Crippen molar-refractivity contribution in [1.82, 2.24) is 4.90 Å². The molecule has 1 aliphatic rings. The fraction of sp³-hybridized carbons (Fsp3) is 0.500. The number of halogens is 2. The number of hydrogen-bond acceptors (Lipinski definition) is 2. The molecule has 1 aromatic carbocycles. The summed E-state index contributed by atoms with van der Waals surface area (Å²) in [6.07, 6.45) is 0.639. The quantitative estimate of drug-likeness (QED) is 0.926. The van der Waals surface area contributed by atoms with E-state index in [1.54, 1.807) is 6.07 Å². The minimum atomic E-state index is -0.757. The fourth-order valence-electron chi connectivity index (χ4n) is 2.86.